The first kappa shape index (κ1) is 12.6. The number of phenolic OH excluding ortho intramolecular Hbond substituents is 1. The van der Waals surface area contributed by atoms with Crippen LogP contribution >= 0.6 is 0 Å². The molecule has 18 heavy (non-hydrogen) atoms. The summed E-state index contributed by atoms with van der Waals surface area (Å²) in [6.45, 7) is 5.87. The van der Waals surface area contributed by atoms with E-state index in [9.17, 15) is 5.11 Å². The summed E-state index contributed by atoms with van der Waals surface area (Å²) in [4.78, 5) is 0. The molecule has 0 aliphatic carbocycles. The summed E-state index contributed by atoms with van der Waals surface area (Å²) in [5.41, 5.74) is 2.35. The Bertz CT molecular complexity index is 490. The monoisotopic (exact) mass is 245 g/mol. The van der Waals surface area contributed by atoms with Crippen molar-refractivity contribution < 1.29 is 5.11 Å². The Morgan fingerprint density at radius 1 is 1.33 bits per heavy atom. The second-order valence-electron chi connectivity index (χ2n) is 4.55. The van der Waals surface area contributed by atoms with Crippen LogP contribution in [0.2, 0.25) is 0 Å². The minimum absolute atomic E-state index is 0.266. The van der Waals surface area contributed by atoms with Crippen LogP contribution in [0.25, 0.3) is 0 Å². The van der Waals surface area contributed by atoms with Crippen LogP contribution in [0.5, 0.6) is 5.75 Å². The lowest BCUT2D eigenvalue weighted by molar-refractivity contribution is 0.473. The van der Waals surface area contributed by atoms with E-state index in [1.54, 1.807) is 12.1 Å². The molecule has 0 spiro atoms. The number of hydrogen-bond acceptors (Lipinski definition) is 3. The molecular weight excluding hydrogens is 226 g/mol. The van der Waals surface area contributed by atoms with Crippen molar-refractivity contribution in [2.75, 3.05) is 6.54 Å². The van der Waals surface area contributed by atoms with E-state index in [4.69, 9.17) is 0 Å². The van der Waals surface area contributed by atoms with Gasteiger partial charge in [-0.15, -0.1) is 0 Å². The fourth-order valence-electron chi connectivity index (χ4n) is 1.87. The smallest absolute Gasteiger partial charge is 0.115 e. The van der Waals surface area contributed by atoms with Crippen LogP contribution in [0.3, 0.4) is 0 Å². The molecule has 0 saturated heterocycles. The van der Waals surface area contributed by atoms with Crippen LogP contribution in [0.1, 0.15) is 24.1 Å². The second kappa shape index (κ2) is 5.69. The predicted octanol–water partition coefficient (Wildman–Crippen LogP) is 2.25. The zero-order chi connectivity index (χ0) is 13.0. The Labute approximate surface area is 107 Å². The highest BCUT2D eigenvalue weighted by Gasteiger charge is 2.04. The summed E-state index contributed by atoms with van der Waals surface area (Å²) in [5, 5.41) is 16.9. The highest BCUT2D eigenvalue weighted by Crippen LogP contribution is 2.15. The number of aromatic nitrogens is 2. The van der Waals surface area contributed by atoms with E-state index >= 15 is 0 Å². The predicted molar refractivity (Wildman–Crippen MR) is 71.5 cm³/mol. The third-order valence-electron chi connectivity index (χ3n) is 2.95. The highest BCUT2D eigenvalue weighted by atomic mass is 16.3. The molecule has 1 unspecified atom stereocenters. The lowest BCUT2D eigenvalue weighted by Gasteiger charge is -2.14. The molecular formula is C14H19N3O. The molecule has 0 radical (unpaired) electrons. The van der Waals surface area contributed by atoms with Crippen molar-refractivity contribution in [3.05, 3.63) is 47.8 Å². The summed E-state index contributed by atoms with van der Waals surface area (Å²) >= 11 is 0. The molecule has 1 aromatic heterocycles. The molecule has 0 aliphatic rings. The Balaban J connectivity index is 1.81. The van der Waals surface area contributed by atoms with E-state index in [1.165, 1.54) is 11.1 Å². The second-order valence-corrected chi connectivity index (χ2v) is 4.55. The Hall–Kier alpha value is -1.81. The number of nitrogens with one attached hydrogen (secondary N) is 1. The standard InChI is InChI=1S/C14H19N3O/c1-11-9-16-17(10-11)8-7-15-12(2)13-3-5-14(18)6-4-13/h3-6,9-10,12,15,18H,7-8H2,1-2H3. The molecule has 1 heterocycles. The average molecular weight is 245 g/mol. The lowest BCUT2D eigenvalue weighted by atomic mass is 10.1. The molecule has 0 saturated carbocycles. The minimum atomic E-state index is 0.266. The molecule has 0 bridgehead atoms. The van der Waals surface area contributed by atoms with Gasteiger partial charge >= 0.3 is 0 Å². The largest absolute Gasteiger partial charge is 0.508 e. The average Bonchev–Trinajstić information content (AvgIpc) is 2.76. The topological polar surface area (TPSA) is 50.1 Å². The van der Waals surface area contributed by atoms with Crippen LogP contribution in [-0.2, 0) is 6.54 Å². The molecule has 4 heteroatoms. The van der Waals surface area contributed by atoms with E-state index in [2.05, 4.69) is 17.3 Å². The van der Waals surface area contributed by atoms with E-state index in [0.29, 0.717) is 5.75 Å². The summed E-state index contributed by atoms with van der Waals surface area (Å²) < 4.78 is 1.94. The molecule has 0 aliphatic heterocycles. The van der Waals surface area contributed by atoms with Crippen molar-refractivity contribution in [1.29, 1.82) is 0 Å². The molecule has 1 aromatic carbocycles. The molecule has 2 aromatic rings. The molecule has 0 amide bonds. The number of rotatable bonds is 5. The zero-order valence-electron chi connectivity index (χ0n) is 10.8. The van der Waals surface area contributed by atoms with Gasteiger partial charge < -0.3 is 10.4 Å². The summed E-state index contributed by atoms with van der Waals surface area (Å²) in [7, 11) is 0. The molecule has 1 atom stereocenters. The number of aryl methyl sites for hydroxylation is 1. The van der Waals surface area contributed by atoms with Gasteiger partial charge in [-0.3, -0.25) is 4.68 Å². The van der Waals surface area contributed by atoms with E-state index < -0.39 is 0 Å². The molecule has 2 N–H and O–H groups in total. The molecule has 96 valence electrons. The van der Waals surface area contributed by atoms with Gasteiger partial charge in [0, 0.05) is 18.8 Å². The van der Waals surface area contributed by atoms with Crippen LogP contribution < -0.4 is 5.32 Å². The summed E-state index contributed by atoms with van der Waals surface area (Å²) in [5.74, 6) is 0.304. The van der Waals surface area contributed by atoms with Crippen molar-refractivity contribution in [1.82, 2.24) is 15.1 Å². The van der Waals surface area contributed by atoms with Gasteiger partial charge in [0.15, 0.2) is 0 Å². The van der Waals surface area contributed by atoms with Crippen LogP contribution in [0, 0.1) is 6.92 Å². The molecule has 4 nitrogen and oxygen atoms in total. The maximum Gasteiger partial charge on any atom is 0.115 e. The van der Waals surface area contributed by atoms with Crippen molar-refractivity contribution in [2.24, 2.45) is 0 Å². The van der Waals surface area contributed by atoms with Gasteiger partial charge in [0.1, 0.15) is 5.75 Å². The first-order valence-corrected chi connectivity index (χ1v) is 6.16. The van der Waals surface area contributed by atoms with Gasteiger partial charge in [-0.05, 0) is 37.1 Å². The van der Waals surface area contributed by atoms with Crippen LogP contribution in [0.15, 0.2) is 36.7 Å². The van der Waals surface area contributed by atoms with Crippen LogP contribution in [-0.4, -0.2) is 21.4 Å². The van der Waals surface area contributed by atoms with Gasteiger partial charge in [-0.2, -0.15) is 5.10 Å². The van der Waals surface area contributed by atoms with Crippen molar-refractivity contribution in [3.8, 4) is 5.75 Å². The van der Waals surface area contributed by atoms with Crippen molar-refractivity contribution in [2.45, 2.75) is 26.4 Å². The Morgan fingerprint density at radius 2 is 2.06 bits per heavy atom. The number of hydrogen-bond donors (Lipinski definition) is 2. The maximum absolute atomic E-state index is 9.23. The van der Waals surface area contributed by atoms with E-state index in [1.807, 2.05) is 36.1 Å². The number of phenols is 1. The third-order valence-corrected chi connectivity index (χ3v) is 2.95. The van der Waals surface area contributed by atoms with E-state index in [-0.39, 0.29) is 6.04 Å². The molecule has 0 fully saturated rings. The number of nitrogens with zero attached hydrogens (tertiary/aromatic N) is 2. The number of benzene rings is 1. The third kappa shape index (κ3) is 3.34. The van der Waals surface area contributed by atoms with Crippen LogP contribution in [0.4, 0.5) is 0 Å². The van der Waals surface area contributed by atoms with Crippen molar-refractivity contribution >= 4 is 0 Å². The highest BCUT2D eigenvalue weighted by molar-refractivity contribution is 5.27. The van der Waals surface area contributed by atoms with Gasteiger partial charge in [0.2, 0.25) is 0 Å². The SMILES string of the molecule is Cc1cnn(CCNC(C)c2ccc(O)cc2)c1. The lowest BCUT2D eigenvalue weighted by Crippen LogP contribution is -2.23. The summed E-state index contributed by atoms with van der Waals surface area (Å²) in [6, 6.07) is 7.56. The summed E-state index contributed by atoms with van der Waals surface area (Å²) in [6.07, 6.45) is 3.90. The van der Waals surface area contributed by atoms with Gasteiger partial charge in [0.05, 0.1) is 12.7 Å². The minimum Gasteiger partial charge on any atom is -0.508 e. The van der Waals surface area contributed by atoms with Gasteiger partial charge in [-0.1, -0.05) is 12.1 Å². The van der Waals surface area contributed by atoms with Gasteiger partial charge in [0.25, 0.3) is 0 Å². The maximum atomic E-state index is 9.23. The fourth-order valence-corrected chi connectivity index (χ4v) is 1.87. The van der Waals surface area contributed by atoms with Crippen molar-refractivity contribution in [3.63, 3.8) is 0 Å². The first-order chi connectivity index (χ1) is 8.65. The Morgan fingerprint density at radius 3 is 2.67 bits per heavy atom. The van der Waals surface area contributed by atoms with E-state index in [0.717, 1.165) is 13.1 Å². The fraction of sp³-hybridized carbons (Fsp3) is 0.357. The first-order valence-electron chi connectivity index (χ1n) is 6.16. The Kier molecular flexibility index (Phi) is 3.99. The number of aromatic hydroxyl groups is 1. The normalized spacial score (nSPS) is 12.6. The van der Waals surface area contributed by atoms with Gasteiger partial charge in [-0.25, -0.2) is 0 Å². The zero-order valence-corrected chi connectivity index (χ0v) is 10.8. The molecule has 2 rings (SSSR count). The quantitative estimate of drug-likeness (QED) is 0.849.